The molecule has 75 valence electrons. The minimum Gasteiger partial charge on any atom is -0.520 e. The SMILES string of the molecule is Cc1nc(-c2ccc(O)cc2O)[c-]s1.[Y]. The van der Waals surface area contributed by atoms with E-state index in [1.807, 2.05) is 6.92 Å². The predicted molar refractivity (Wildman–Crippen MR) is 54.5 cm³/mol. The minimum absolute atomic E-state index is 0. The summed E-state index contributed by atoms with van der Waals surface area (Å²) in [5, 5.41) is 22.5. The van der Waals surface area contributed by atoms with Crippen molar-refractivity contribution < 1.29 is 42.9 Å². The van der Waals surface area contributed by atoms with Crippen LogP contribution in [-0.2, 0) is 32.7 Å². The van der Waals surface area contributed by atoms with Gasteiger partial charge in [0.15, 0.2) is 0 Å². The summed E-state index contributed by atoms with van der Waals surface area (Å²) in [4.78, 5) is 4.19. The van der Waals surface area contributed by atoms with Gasteiger partial charge >= 0.3 is 0 Å². The quantitative estimate of drug-likeness (QED) is 0.794. The largest absolute Gasteiger partial charge is 0.520 e. The molecule has 0 fully saturated rings. The first-order valence-corrected chi connectivity index (χ1v) is 4.86. The smallest absolute Gasteiger partial charge is 0.117 e. The summed E-state index contributed by atoms with van der Waals surface area (Å²) in [7, 11) is 0. The topological polar surface area (TPSA) is 53.4 Å². The molecule has 1 radical (unpaired) electrons. The average Bonchev–Trinajstić information content (AvgIpc) is 2.51. The molecule has 0 aliphatic rings. The molecule has 0 saturated carbocycles. The predicted octanol–water partition coefficient (Wildman–Crippen LogP) is 2.33. The molecule has 0 spiro atoms. The Bertz CT molecular complexity index is 470. The van der Waals surface area contributed by atoms with Crippen LogP contribution in [0.15, 0.2) is 18.2 Å². The third kappa shape index (κ3) is 2.77. The molecule has 0 bridgehead atoms. The standard InChI is InChI=1S/C10H8NO2S.Y/c1-6-11-9(5-14-6)8-3-2-7(12)4-10(8)13;/h2-4,12-13H,1H3;/q-1;. The van der Waals surface area contributed by atoms with Crippen molar-refractivity contribution in [3.05, 3.63) is 28.6 Å². The molecule has 3 nitrogen and oxygen atoms in total. The summed E-state index contributed by atoms with van der Waals surface area (Å²) in [5.41, 5.74) is 1.21. The monoisotopic (exact) mass is 295 g/mol. The molecule has 1 heterocycles. The number of hydrogen-bond donors (Lipinski definition) is 2. The summed E-state index contributed by atoms with van der Waals surface area (Å²) in [6.07, 6.45) is 0. The Morgan fingerprint density at radius 1 is 1.33 bits per heavy atom. The number of thiazole rings is 1. The molecule has 0 aliphatic carbocycles. The molecule has 0 aliphatic heterocycles. The van der Waals surface area contributed by atoms with Crippen molar-refractivity contribution in [1.29, 1.82) is 0 Å². The van der Waals surface area contributed by atoms with Crippen molar-refractivity contribution in [1.82, 2.24) is 4.98 Å². The Morgan fingerprint density at radius 3 is 2.60 bits per heavy atom. The Balaban J connectivity index is 0.00000112. The molecule has 2 N–H and O–H groups in total. The van der Waals surface area contributed by atoms with Gasteiger partial charge in [-0.15, -0.1) is 6.07 Å². The van der Waals surface area contributed by atoms with Gasteiger partial charge in [0.2, 0.25) is 0 Å². The second-order valence-corrected chi connectivity index (χ2v) is 3.88. The Hall–Kier alpha value is -0.446. The van der Waals surface area contributed by atoms with Crippen molar-refractivity contribution in [3.63, 3.8) is 0 Å². The summed E-state index contributed by atoms with van der Waals surface area (Å²) in [6.45, 7) is 1.88. The molecular weight excluding hydrogens is 287 g/mol. The first-order chi connectivity index (χ1) is 6.66. The molecule has 0 amide bonds. The number of aromatic hydroxyl groups is 2. The van der Waals surface area contributed by atoms with Crippen molar-refractivity contribution in [3.8, 4) is 22.8 Å². The van der Waals surface area contributed by atoms with E-state index in [-0.39, 0.29) is 44.2 Å². The third-order valence-electron chi connectivity index (χ3n) is 1.80. The van der Waals surface area contributed by atoms with Crippen molar-refractivity contribution in [2.45, 2.75) is 6.92 Å². The summed E-state index contributed by atoms with van der Waals surface area (Å²) in [5.74, 6) is 0.0600. The molecule has 1 aromatic heterocycles. The fourth-order valence-corrected chi connectivity index (χ4v) is 1.70. The van der Waals surface area contributed by atoms with Gasteiger partial charge < -0.3 is 15.2 Å². The van der Waals surface area contributed by atoms with Gasteiger partial charge in [0.1, 0.15) is 5.75 Å². The minimum atomic E-state index is 0. The first-order valence-electron chi connectivity index (χ1n) is 4.04. The van der Waals surface area contributed by atoms with Crippen molar-refractivity contribution in [2.75, 3.05) is 0 Å². The van der Waals surface area contributed by atoms with Crippen LogP contribution in [0, 0.1) is 12.3 Å². The van der Waals surface area contributed by atoms with Crippen LogP contribution in [0.1, 0.15) is 5.01 Å². The zero-order valence-electron chi connectivity index (χ0n) is 8.06. The normalized spacial score (nSPS) is 9.67. The van der Waals surface area contributed by atoms with Gasteiger partial charge in [-0.2, -0.15) is 0 Å². The number of benzene rings is 1. The van der Waals surface area contributed by atoms with Gasteiger partial charge in [-0.05, 0) is 16.8 Å². The maximum atomic E-state index is 9.54. The molecule has 2 aromatic rings. The van der Waals surface area contributed by atoms with Gasteiger partial charge in [0.05, 0.1) is 5.75 Å². The van der Waals surface area contributed by atoms with Gasteiger partial charge in [-0.1, -0.05) is 17.9 Å². The number of phenols is 2. The van der Waals surface area contributed by atoms with E-state index in [4.69, 9.17) is 5.11 Å². The van der Waals surface area contributed by atoms with Gasteiger partial charge in [0, 0.05) is 38.8 Å². The molecule has 1 aromatic carbocycles. The van der Waals surface area contributed by atoms with Crippen LogP contribution in [0.3, 0.4) is 0 Å². The Labute approximate surface area is 117 Å². The van der Waals surface area contributed by atoms with E-state index in [0.717, 1.165) is 5.01 Å². The molecule has 0 unspecified atom stereocenters. The number of rotatable bonds is 1. The van der Waals surface area contributed by atoms with E-state index < -0.39 is 0 Å². The van der Waals surface area contributed by atoms with Crippen LogP contribution in [0.5, 0.6) is 11.5 Å². The van der Waals surface area contributed by atoms with E-state index >= 15 is 0 Å². The van der Waals surface area contributed by atoms with Crippen LogP contribution >= 0.6 is 11.3 Å². The van der Waals surface area contributed by atoms with Crippen LogP contribution in [0.25, 0.3) is 11.3 Å². The Morgan fingerprint density at radius 2 is 2.07 bits per heavy atom. The van der Waals surface area contributed by atoms with Crippen LogP contribution in [0.4, 0.5) is 0 Å². The van der Waals surface area contributed by atoms with E-state index in [0.29, 0.717) is 11.3 Å². The third-order valence-corrected chi connectivity index (χ3v) is 2.48. The molecule has 0 atom stereocenters. The summed E-state index contributed by atoms with van der Waals surface area (Å²) in [6, 6.07) is 4.42. The fraction of sp³-hybridized carbons (Fsp3) is 0.100. The molecular formula is C10H8NO2SY-. The van der Waals surface area contributed by atoms with E-state index in [1.165, 1.54) is 23.5 Å². The average molecular weight is 295 g/mol. The second-order valence-electron chi connectivity index (χ2n) is 2.89. The van der Waals surface area contributed by atoms with Crippen molar-refractivity contribution in [2.24, 2.45) is 0 Å². The molecule has 15 heavy (non-hydrogen) atoms. The number of phenolic OH excluding ortho intramolecular Hbond substituents is 2. The summed E-state index contributed by atoms with van der Waals surface area (Å²) >= 11 is 1.40. The zero-order valence-corrected chi connectivity index (χ0v) is 11.7. The number of aromatic nitrogens is 1. The van der Waals surface area contributed by atoms with Crippen molar-refractivity contribution >= 4 is 11.3 Å². The van der Waals surface area contributed by atoms with Gasteiger partial charge in [0.25, 0.3) is 0 Å². The maximum absolute atomic E-state index is 9.54. The van der Waals surface area contributed by atoms with Gasteiger partial charge in [-0.25, -0.2) is 0 Å². The van der Waals surface area contributed by atoms with E-state index in [2.05, 4.69) is 10.4 Å². The van der Waals surface area contributed by atoms with Crippen LogP contribution < -0.4 is 0 Å². The van der Waals surface area contributed by atoms with E-state index in [9.17, 15) is 5.11 Å². The van der Waals surface area contributed by atoms with Crippen LogP contribution in [0.2, 0.25) is 0 Å². The first kappa shape index (κ1) is 12.6. The number of hydrogen-bond acceptors (Lipinski definition) is 4. The van der Waals surface area contributed by atoms with E-state index in [1.54, 1.807) is 6.07 Å². The number of nitrogens with zero attached hydrogens (tertiary/aromatic N) is 1. The summed E-state index contributed by atoms with van der Waals surface area (Å²) < 4.78 is 0. The Kier molecular flexibility index (Phi) is 4.25. The van der Waals surface area contributed by atoms with Gasteiger partial charge in [-0.3, -0.25) is 11.3 Å². The number of aryl methyl sites for hydroxylation is 1. The fourth-order valence-electron chi connectivity index (χ4n) is 1.16. The van der Waals surface area contributed by atoms with Crippen LogP contribution in [-0.4, -0.2) is 15.2 Å². The zero-order chi connectivity index (χ0) is 10.1. The second kappa shape index (κ2) is 5.06. The molecule has 0 saturated heterocycles. The molecule has 2 rings (SSSR count). The maximum Gasteiger partial charge on any atom is 0.117 e. The molecule has 5 heteroatoms.